The van der Waals surface area contributed by atoms with E-state index in [1.165, 1.54) is 18.6 Å². The molecule has 1 aliphatic heterocycles. The van der Waals surface area contributed by atoms with Crippen LogP contribution in [-0.2, 0) is 0 Å². The fourth-order valence-corrected chi connectivity index (χ4v) is 4.07. The summed E-state index contributed by atoms with van der Waals surface area (Å²) in [6.07, 6.45) is 3.35. The Balaban J connectivity index is 1.20. The van der Waals surface area contributed by atoms with Gasteiger partial charge in [-0.2, -0.15) is 0 Å². The lowest BCUT2D eigenvalue weighted by Gasteiger charge is -2.39. The minimum Gasteiger partial charge on any atom is -0.354 e. The SMILES string of the molecule is CN(C)C(=O)N[C@H]1C[C@H](CCN2CCN(c3noc4cc(F)ccc34)CC2)C1. The molecule has 4 rings (SSSR count). The smallest absolute Gasteiger partial charge is 0.317 e. The maximum Gasteiger partial charge on any atom is 0.317 e. The van der Waals surface area contributed by atoms with Gasteiger partial charge in [-0.05, 0) is 43.9 Å². The van der Waals surface area contributed by atoms with Crippen molar-refractivity contribution >= 4 is 22.8 Å². The number of carbonyl (C=O) groups excluding carboxylic acids is 1. The van der Waals surface area contributed by atoms with Gasteiger partial charge in [-0.1, -0.05) is 5.16 Å². The van der Waals surface area contributed by atoms with E-state index in [0.717, 1.165) is 56.8 Å². The van der Waals surface area contributed by atoms with Crippen LogP contribution in [0.25, 0.3) is 11.0 Å². The number of fused-ring (bicyclic) bond motifs is 1. The molecular formula is C20H28FN5O2. The number of nitrogens with zero attached hydrogens (tertiary/aromatic N) is 4. The zero-order valence-electron chi connectivity index (χ0n) is 16.5. The van der Waals surface area contributed by atoms with E-state index in [1.54, 1.807) is 25.1 Å². The summed E-state index contributed by atoms with van der Waals surface area (Å²) < 4.78 is 18.6. The Bertz CT molecular complexity index is 825. The van der Waals surface area contributed by atoms with E-state index in [9.17, 15) is 9.18 Å². The molecule has 1 saturated carbocycles. The molecule has 2 aliphatic rings. The molecule has 152 valence electrons. The lowest BCUT2D eigenvalue weighted by Crippen LogP contribution is -2.50. The quantitative estimate of drug-likeness (QED) is 0.851. The van der Waals surface area contributed by atoms with Gasteiger partial charge in [-0.15, -0.1) is 0 Å². The van der Waals surface area contributed by atoms with Gasteiger partial charge in [-0.25, -0.2) is 9.18 Å². The van der Waals surface area contributed by atoms with E-state index >= 15 is 0 Å². The van der Waals surface area contributed by atoms with Crippen LogP contribution >= 0.6 is 0 Å². The maximum absolute atomic E-state index is 13.3. The minimum absolute atomic E-state index is 0.00249. The summed E-state index contributed by atoms with van der Waals surface area (Å²) in [6, 6.07) is 4.91. The lowest BCUT2D eigenvalue weighted by atomic mass is 9.78. The molecule has 0 bridgehead atoms. The monoisotopic (exact) mass is 389 g/mol. The van der Waals surface area contributed by atoms with Crippen LogP contribution in [0.3, 0.4) is 0 Å². The molecule has 2 aromatic rings. The topological polar surface area (TPSA) is 64.9 Å². The van der Waals surface area contributed by atoms with Gasteiger partial charge < -0.3 is 19.6 Å². The predicted molar refractivity (Wildman–Crippen MR) is 106 cm³/mol. The number of rotatable bonds is 5. The second-order valence-electron chi connectivity index (χ2n) is 8.14. The first-order chi connectivity index (χ1) is 13.5. The lowest BCUT2D eigenvalue weighted by molar-refractivity contribution is 0.161. The highest BCUT2D eigenvalue weighted by atomic mass is 19.1. The Hall–Kier alpha value is -2.35. The Morgan fingerprint density at radius 3 is 2.75 bits per heavy atom. The Morgan fingerprint density at radius 2 is 2.04 bits per heavy atom. The van der Waals surface area contributed by atoms with Crippen LogP contribution in [0.5, 0.6) is 0 Å². The molecule has 0 unspecified atom stereocenters. The van der Waals surface area contributed by atoms with Crippen molar-refractivity contribution in [1.82, 2.24) is 20.3 Å². The molecular weight excluding hydrogens is 361 g/mol. The molecule has 28 heavy (non-hydrogen) atoms. The van der Waals surface area contributed by atoms with Crippen LogP contribution in [0.2, 0.25) is 0 Å². The van der Waals surface area contributed by atoms with Crippen molar-refractivity contribution in [1.29, 1.82) is 0 Å². The summed E-state index contributed by atoms with van der Waals surface area (Å²) in [7, 11) is 3.54. The van der Waals surface area contributed by atoms with Crippen molar-refractivity contribution in [3.05, 3.63) is 24.0 Å². The largest absolute Gasteiger partial charge is 0.354 e. The molecule has 0 radical (unpaired) electrons. The van der Waals surface area contributed by atoms with Crippen LogP contribution in [0.1, 0.15) is 19.3 Å². The van der Waals surface area contributed by atoms with E-state index in [1.807, 2.05) is 0 Å². The van der Waals surface area contributed by atoms with E-state index < -0.39 is 0 Å². The van der Waals surface area contributed by atoms with Gasteiger partial charge in [0.2, 0.25) is 0 Å². The van der Waals surface area contributed by atoms with E-state index in [4.69, 9.17) is 4.52 Å². The summed E-state index contributed by atoms with van der Waals surface area (Å²) in [5, 5.41) is 8.07. The number of benzene rings is 1. The van der Waals surface area contributed by atoms with Crippen molar-refractivity contribution in [3.63, 3.8) is 0 Å². The molecule has 2 fully saturated rings. The van der Waals surface area contributed by atoms with Crippen LogP contribution in [0.4, 0.5) is 15.0 Å². The Morgan fingerprint density at radius 1 is 1.29 bits per heavy atom. The van der Waals surface area contributed by atoms with Crippen LogP contribution in [0.15, 0.2) is 22.7 Å². The van der Waals surface area contributed by atoms with Crippen LogP contribution in [-0.4, -0.2) is 73.8 Å². The number of urea groups is 1. The highest BCUT2D eigenvalue weighted by molar-refractivity contribution is 5.88. The van der Waals surface area contributed by atoms with Crippen molar-refractivity contribution in [2.45, 2.75) is 25.3 Å². The van der Waals surface area contributed by atoms with Gasteiger partial charge in [0, 0.05) is 52.4 Å². The maximum atomic E-state index is 13.3. The number of nitrogens with one attached hydrogen (secondary N) is 1. The molecule has 1 aromatic carbocycles. The van der Waals surface area contributed by atoms with Crippen molar-refractivity contribution in [2.75, 3.05) is 51.7 Å². The number of halogens is 1. The Kier molecular flexibility index (Phi) is 5.39. The van der Waals surface area contributed by atoms with E-state index in [-0.39, 0.29) is 11.8 Å². The number of anilines is 1. The first-order valence-corrected chi connectivity index (χ1v) is 9.99. The number of carbonyl (C=O) groups is 1. The molecule has 8 heteroatoms. The van der Waals surface area contributed by atoms with Gasteiger partial charge >= 0.3 is 6.03 Å². The van der Waals surface area contributed by atoms with Crippen molar-refractivity contribution < 1.29 is 13.7 Å². The molecule has 7 nitrogen and oxygen atoms in total. The number of amides is 2. The third-order valence-corrected chi connectivity index (χ3v) is 5.91. The Labute approximate surface area is 164 Å². The third kappa shape index (κ3) is 4.06. The molecule has 2 heterocycles. The second kappa shape index (κ2) is 7.95. The van der Waals surface area contributed by atoms with Gasteiger partial charge in [0.25, 0.3) is 0 Å². The van der Waals surface area contributed by atoms with Gasteiger partial charge in [0.15, 0.2) is 11.4 Å². The molecule has 1 saturated heterocycles. The van der Waals surface area contributed by atoms with Crippen LogP contribution in [0, 0.1) is 11.7 Å². The van der Waals surface area contributed by atoms with E-state index in [2.05, 4.69) is 20.3 Å². The average molecular weight is 389 g/mol. The van der Waals surface area contributed by atoms with Gasteiger partial charge in [-0.3, -0.25) is 4.90 Å². The first-order valence-electron chi connectivity index (χ1n) is 9.99. The highest BCUT2D eigenvalue weighted by Crippen LogP contribution is 2.31. The second-order valence-corrected chi connectivity index (χ2v) is 8.14. The number of hydrogen-bond donors (Lipinski definition) is 1. The fraction of sp³-hybridized carbons (Fsp3) is 0.600. The van der Waals surface area contributed by atoms with Crippen molar-refractivity contribution in [2.24, 2.45) is 5.92 Å². The number of piperazine rings is 1. The summed E-state index contributed by atoms with van der Waals surface area (Å²) in [5.74, 6) is 1.22. The van der Waals surface area contributed by atoms with Crippen LogP contribution < -0.4 is 10.2 Å². The zero-order chi connectivity index (χ0) is 19.7. The fourth-order valence-electron chi connectivity index (χ4n) is 4.07. The first kappa shape index (κ1) is 19.0. The minimum atomic E-state index is -0.306. The van der Waals surface area contributed by atoms with Gasteiger partial charge in [0.05, 0.1) is 5.39 Å². The zero-order valence-corrected chi connectivity index (χ0v) is 16.5. The molecule has 0 spiro atoms. The average Bonchev–Trinajstić information content (AvgIpc) is 3.06. The van der Waals surface area contributed by atoms with Crippen molar-refractivity contribution in [3.8, 4) is 0 Å². The molecule has 0 atom stereocenters. The summed E-state index contributed by atoms with van der Waals surface area (Å²) in [5.41, 5.74) is 0.498. The predicted octanol–water partition coefficient (Wildman–Crippen LogP) is 2.53. The summed E-state index contributed by atoms with van der Waals surface area (Å²) >= 11 is 0. The molecule has 1 N–H and O–H groups in total. The number of aromatic nitrogens is 1. The highest BCUT2D eigenvalue weighted by Gasteiger charge is 2.31. The standard InChI is InChI=1S/C20H28FN5O2/c1-24(2)20(27)22-16-11-14(12-16)5-6-25-7-9-26(10-8-25)19-17-4-3-15(21)13-18(17)28-23-19/h3-4,13-14,16H,5-12H2,1-2H3,(H,22,27)/t14-,16-. The summed E-state index contributed by atoms with van der Waals surface area (Å²) in [4.78, 5) is 17.9. The van der Waals surface area contributed by atoms with E-state index in [0.29, 0.717) is 17.5 Å². The summed E-state index contributed by atoms with van der Waals surface area (Å²) in [6.45, 7) is 4.86. The third-order valence-electron chi connectivity index (χ3n) is 5.91. The molecule has 1 aliphatic carbocycles. The van der Waals surface area contributed by atoms with Gasteiger partial charge in [0.1, 0.15) is 5.82 Å². The number of hydrogen-bond acceptors (Lipinski definition) is 5. The molecule has 1 aromatic heterocycles. The molecule has 2 amide bonds. The normalized spacial score (nSPS) is 22.9.